The fraction of sp³-hybridized carbons (Fsp3) is 0.250. The van der Waals surface area contributed by atoms with E-state index < -0.39 is 15.9 Å². The van der Waals surface area contributed by atoms with E-state index in [9.17, 15) is 13.2 Å². The van der Waals surface area contributed by atoms with Crippen LogP contribution in [-0.2, 0) is 16.4 Å². The molecule has 1 heterocycles. The minimum absolute atomic E-state index is 0.0409. The molecule has 0 bridgehead atoms. The van der Waals surface area contributed by atoms with Gasteiger partial charge in [-0.25, -0.2) is 8.42 Å². The second-order valence-corrected chi connectivity index (χ2v) is 6.79. The maximum atomic E-state index is 12.9. The summed E-state index contributed by atoms with van der Waals surface area (Å²) in [6.07, 6.45) is 3.25. The number of nitrogens with one attached hydrogen (secondary N) is 1. The van der Waals surface area contributed by atoms with Gasteiger partial charge in [-0.2, -0.15) is 0 Å². The number of nitrogens with two attached hydrogens (primary N) is 1. The van der Waals surface area contributed by atoms with Crippen LogP contribution in [0.15, 0.2) is 35.5 Å². The monoisotopic (exact) mass is 349 g/mol. The molecular weight excluding hydrogens is 330 g/mol. The Kier molecular flexibility index (Phi) is 5.08. The first-order chi connectivity index (χ1) is 11.3. The van der Waals surface area contributed by atoms with Gasteiger partial charge in [0.05, 0.1) is 30.8 Å². The molecule has 0 aliphatic rings. The summed E-state index contributed by atoms with van der Waals surface area (Å²) in [5.74, 6) is -0.390. The molecule has 7 nitrogen and oxygen atoms in total. The highest BCUT2D eigenvalue weighted by atomic mass is 32.2. The summed E-state index contributed by atoms with van der Waals surface area (Å²) in [6, 6.07) is 4.61. The van der Waals surface area contributed by atoms with Gasteiger partial charge in [-0.05, 0) is 30.5 Å². The number of aryl methyl sites for hydroxylation is 1. The molecule has 2 aromatic rings. The predicted octanol–water partition coefficient (Wildman–Crippen LogP) is 1.86. The van der Waals surface area contributed by atoms with Gasteiger partial charge in [0.2, 0.25) is 5.91 Å². The van der Waals surface area contributed by atoms with E-state index in [0.717, 1.165) is 5.56 Å². The van der Waals surface area contributed by atoms with Crippen molar-refractivity contribution in [2.24, 2.45) is 5.73 Å². The quantitative estimate of drug-likeness (QED) is 0.827. The third-order valence-electron chi connectivity index (χ3n) is 3.58. The minimum Gasteiger partial charge on any atom is -0.495 e. The molecule has 0 fully saturated rings. The maximum absolute atomic E-state index is 12.9. The zero-order valence-corrected chi connectivity index (χ0v) is 14.5. The largest absolute Gasteiger partial charge is 0.495 e. The second kappa shape index (κ2) is 6.88. The standard InChI is InChI=1S/C16H19N3O4S/c1-4-13-10(2)5-6-14(16(17)20)15(13)24(21,22)19-11-7-12(23-3)9-18-8-11/h5-9,19H,4H2,1-3H3,(H2,17,20). The summed E-state index contributed by atoms with van der Waals surface area (Å²) in [7, 11) is -2.57. The predicted molar refractivity (Wildman–Crippen MR) is 90.7 cm³/mol. The number of hydrogen-bond acceptors (Lipinski definition) is 5. The SMILES string of the molecule is CCc1c(C)ccc(C(N)=O)c1S(=O)(=O)Nc1cncc(OC)c1. The molecule has 1 aromatic carbocycles. The lowest BCUT2D eigenvalue weighted by Crippen LogP contribution is -2.22. The second-order valence-electron chi connectivity index (χ2n) is 5.17. The Bertz CT molecular complexity index is 879. The summed E-state index contributed by atoms with van der Waals surface area (Å²) < 4.78 is 33.2. The van der Waals surface area contributed by atoms with E-state index in [-0.39, 0.29) is 16.1 Å². The molecule has 0 spiro atoms. The highest BCUT2D eigenvalue weighted by molar-refractivity contribution is 7.92. The number of benzene rings is 1. The van der Waals surface area contributed by atoms with Crippen molar-refractivity contribution in [3.8, 4) is 5.75 Å². The molecule has 0 unspecified atom stereocenters. The van der Waals surface area contributed by atoms with Crippen molar-refractivity contribution in [3.63, 3.8) is 0 Å². The van der Waals surface area contributed by atoms with Crippen molar-refractivity contribution >= 4 is 21.6 Å². The minimum atomic E-state index is -4.03. The van der Waals surface area contributed by atoms with Crippen molar-refractivity contribution in [1.29, 1.82) is 0 Å². The molecule has 0 aliphatic heterocycles. The number of rotatable bonds is 6. The summed E-state index contributed by atoms with van der Waals surface area (Å²) in [6.45, 7) is 3.61. The number of anilines is 1. The Morgan fingerprint density at radius 3 is 2.62 bits per heavy atom. The van der Waals surface area contributed by atoms with E-state index in [1.165, 1.54) is 31.6 Å². The number of carbonyl (C=O) groups excluding carboxylic acids is 1. The number of primary amides is 1. The Hall–Kier alpha value is -2.61. The zero-order chi connectivity index (χ0) is 17.9. The van der Waals surface area contributed by atoms with E-state index in [0.29, 0.717) is 17.7 Å². The smallest absolute Gasteiger partial charge is 0.263 e. The first-order valence-corrected chi connectivity index (χ1v) is 8.72. The average Bonchev–Trinajstić information content (AvgIpc) is 2.53. The van der Waals surface area contributed by atoms with Crippen LogP contribution in [0, 0.1) is 6.92 Å². The third kappa shape index (κ3) is 3.48. The van der Waals surface area contributed by atoms with Crippen LogP contribution in [0.2, 0.25) is 0 Å². The Labute approximate surface area is 140 Å². The van der Waals surface area contributed by atoms with Crippen LogP contribution < -0.4 is 15.2 Å². The van der Waals surface area contributed by atoms with E-state index in [2.05, 4.69) is 9.71 Å². The normalized spacial score (nSPS) is 11.1. The number of sulfonamides is 1. The van der Waals surface area contributed by atoms with Crippen LogP contribution in [0.1, 0.15) is 28.4 Å². The van der Waals surface area contributed by atoms with Crippen LogP contribution in [0.25, 0.3) is 0 Å². The van der Waals surface area contributed by atoms with Crippen LogP contribution >= 0.6 is 0 Å². The van der Waals surface area contributed by atoms with Gasteiger partial charge in [0.15, 0.2) is 0 Å². The highest BCUT2D eigenvalue weighted by Gasteiger charge is 2.26. The fourth-order valence-electron chi connectivity index (χ4n) is 2.46. The molecule has 0 atom stereocenters. The summed E-state index contributed by atoms with van der Waals surface area (Å²) in [5, 5.41) is 0. The molecule has 1 aromatic heterocycles. The fourth-order valence-corrected chi connectivity index (χ4v) is 4.07. The lowest BCUT2D eigenvalue weighted by molar-refractivity contribution is 0.0997. The topological polar surface area (TPSA) is 111 Å². The van der Waals surface area contributed by atoms with Gasteiger partial charge < -0.3 is 10.5 Å². The number of hydrogen-bond donors (Lipinski definition) is 2. The number of methoxy groups -OCH3 is 1. The molecule has 0 saturated carbocycles. The number of amides is 1. The van der Waals surface area contributed by atoms with Gasteiger partial charge in [0.1, 0.15) is 10.6 Å². The van der Waals surface area contributed by atoms with Crippen LogP contribution in [0.5, 0.6) is 5.75 Å². The molecule has 3 N–H and O–H groups in total. The molecule has 0 radical (unpaired) electrons. The molecular formula is C16H19N3O4S. The molecule has 0 saturated heterocycles. The third-order valence-corrected chi connectivity index (χ3v) is 5.09. The van der Waals surface area contributed by atoms with E-state index in [4.69, 9.17) is 10.5 Å². The van der Waals surface area contributed by atoms with Crippen LogP contribution in [0.4, 0.5) is 5.69 Å². The molecule has 0 aliphatic carbocycles. The van der Waals surface area contributed by atoms with Gasteiger partial charge in [0.25, 0.3) is 10.0 Å². The summed E-state index contributed by atoms with van der Waals surface area (Å²) in [4.78, 5) is 15.5. The molecule has 1 amide bonds. The molecule has 8 heteroatoms. The Morgan fingerprint density at radius 1 is 1.33 bits per heavy atom. The van der Waals surface area contributed by atoms with Gasteiger partial charge in [0, 0.05) is 6.07 Å². The number of aromatic nitrogens is 1. The lowest BCUT2D eigenvalue weighted by Gasteiger charge is -2.16. The first-order valence-electron chi connectivity index (χ1n) is 7.24. The van der Waals surface area contributed by atoms with Gasteiger partial charge in [-0.1, -0.05) is 13.0 Å². The van der Waals surface area contributed by atoms with Crippen molar-refractivity contribution in [2.45, 2.75) is 25.2 Å². The van der Waals surface area contributed by atoms with Crippen LogP contribution in [0.3, 0.4) is 0 Å². The van der Waals surface area contributed by atoms with Crippen molar-refractivity contribution in [3.05, 3.63) is 47.3 Å². The van der Waals surface area contributed by atoms with E-state index in [1.807, 2.05) is 6.92 Å². The number of ether oxygens (including phenoxy) is 1. The lowest BCUT2D eigenvalue weighted by atomic mass is 10.0. The zero-order valence-electron chi connectivity index (χ0n) is 13.7. The van der Waals surface area contributed by atoms with Crippen molar-refractivity contribution < 1.29 is 17.9 Å². The van der Waals surface area contributed by atoms with Crippen LogP contribution in [-0.4, -0.2) is 26.4 Å². The number of carbonyl (C=O) groups is 1. The first kappa shape index (κ1) is 17.7. The van der Waals surface area contributed by atoms with Crippen molar-refractivity contribution in [1.82, 2.24) is 4.98 Å². The highest BCUT2D eigenvalue weighted by Crippen LogP contribution is 2.27. The Morgan fingerprint density at radius 2 is 2.04 bits per heavy atom. The maximum Gasteiger partial charge on any atom is 0.263 e. The van der Waals surface area contributed by atoms with E-state index in [1.54, 1.807) is 13.0 Å². The average molecular weight is 349 g/mol. The van der Waals surface area contributed by atoms with Gasteiger partial charge in [-0.15, -0.1) is 0 Å². The number of pyridine rings is 1. The van der Waals surface area contributed by atoms with Crippen molar-refractivity contribution in [2.75, 3.05) is 11.8 Å². The molecule has 24 heavy (non-hydrogen) atoms. The Balaban J connectivity index is 2.60. The summed E-state index contributed by atoms with van der Waals surface area (Å²) in [5.41, 5.74) is 6.87. The van der Waals surface area contributed by atoms with Gasteiger partial charge in [-0.3, -0.25) is 14.5 Å². The molecule has 2 rings (SSSR count). The molecule has 128 valence electrons. The van der Waals surface area contributed by atoms with Gasteiger partial charge >= 0.3 is 0 Å². The van der Waals surface area contributed by atoms with E-state index >= 15 is 0 Å². The summed E-state index contributed by atoms with van der Waals surface area (Å²) >= 11 is 0. The number of nitrogens with zero attached hydrogens (tertiary/aromatic N) is 1.